The standard InChI is InChI=1S/C15H22ClN5S.HI/c1-5-17-15(19-8-14-7-18-11(2)22-14)21(4)10-13-6-12(16)9-20(13)3;/h6-7,9H,5,8,10H2,1-4H3,(H,17,19);1H. The monoisotopic (exact) mass is 467 g/mol. The van der Waals surface area contributed by atoms with Crippen molar-refractivity contribution >= 4 is 52.9 Å². The van der Waals surface area contributed by atoms with Crippen molar-refractivity contribution in [2.75, 3.05) is 13.6 Å². The number of aryl methyl sites for hydroxylation is 2. The molecule has 5 nitrogen and oxygen atoms in total. The van der Waals surface area contributed by atoms with Crippen LogP contribution in [0, 0.1) is 6.92 Å². The van der Waals surface area contributed by atoms with Crippen molar-refractivity contribution in [1.82, 2.24) is 19.8 Å². The van der Waals surface area contributed by atoms with Crippen LogP contribution in [0.3, 0.4) is 0 Å². The van der Waals surface area contributed by atoms with Gasteiger partial charge in [-0.2, -0.15) is 0 Å². The summed E-state index contributed by atoms with van der Waals surface area (Å²) in [6.45, 7) is 6.30. The van der Waals surface area contributed by atoms with Crippen LogP contribution in [0.2, 0.25) is 5.02 Å². The van der Waals surface area contributed by atoms with Crippen LogP contribution in [-0.4, -0.2) is 34.0 Å². The number of rotatable bonds is 5. The molecule has 128 valence electrons. The summed E-state index contributed by atoms with van der Waals surface area (Å²) < 4.78 is 2.04. The van der Waals surface area contributed by atoms with Gasteiger partial charge in [0.1, 0.15) is 0 Å². The number of halogens is 2. The van der Waals surface area contributed by atoms with Crippen molar-refractivity contribution in [3.05, 3.63) is 39.1 Å². The van der Waals surface area contributed by atoms with Gasteiger partial charge in [0.15, 0.2) is 5.96 Å². The average molecular weight is 468 g/mol. The number of hydrogen-bond donors (Lipinski definition) is 1. The van der Waals surface area contributed by atoms with Gasteiger partial charge in [0, 0.05) is 43.6 Å². The maximum absolute atomic E-state index is 6.04. The number of aliphatic imine (C=N–C) groups is 1. The van der Waals surface area contributed by atoms with Crippen molar-refractivity contribution in [2.45, 2.75) is 26.9 Å². The van der Waals surface area contributed by atoms with Crippen LogP contribution in [0.25, 0.3) is 0 Å². The SMILES string of the molecule is CCNC(=NCc1cnc(C)s1)N(C)Cc1cc(Cl)cn1C.I. The zero-order chi connectivity index (χ0) is 16.1. The molecule has 0 unspecified atom stereocenters. The number of nitrogens with one attached hydrogen (secondary N) is 1. The number of hydrogen-bond acceptors (Lipinski definition) is 3. The number of aromatic nitrogens is 2. The molecule has 0 aliphatic heterocycles. The highest BCUT2D eigenvalue weighted by Crippen LogP contribution is 2.15. The molecule has 0 radical (unpaired) electrons. The summed E-state index contributed by atoms with van der Waals surface area (Å²) in [6, 6.07) is 1.98. The van der Waals surface area contributed by atoms with Crippen LogP contribution in [0.5, 0.6) is 0 Å². The molecular formula is C15H23ClIN5S. The Labute approximate surface area is 163 Å². The summed E-state index contributed by atoms with van der Waals surface area (Å²) in [5, 5.41) is 5.15. The van der Waals surface area contributed by atoms with Crippen molar-refractivity contribution in [2.24, 2.45) is 12.0 Å². The molecule has 23 heavy (non-hydrogen) atoms. The molecule has 0 atom stereocenters. The molecule has 0 fully saturated rings. The Bertz CT molecular complexity index is 652. The second-order valence-electron chi connectivity index (χ2n) is 5.13. The minimum Gasteiger partial charge on any atom is -0.357 e. The first-order chi connectivity index (χ1) is 10.5. The Balaban J connectivity index is 0.00000264. The molecule has 2 rings (SSSR count). The van der Waals surface area contributed by atoms with Crippen molar-refractivity contribution < 1.29 is 0 Å². The first kappa shape index (κ1) is 20.2. The van der Waals surface area contributed by atoms with Gasteiger partial charge in [0.05, 0.1) is 23.1 Å². The molecule has 2 aromatic rings. The molecule has 0 amide bonds. The minimum absolute atomic E-state index is 0. The Kier molecular flexibility index (Phi) is 8.35. The van der Waals surface area contributed by atoms with E-state index in [1.807, 2.05) is 44.0 Å². The quantitative estimate of drug-likeness (QED) is 0.415. The van der Waals surface area contributed by atoms with Crippen LogP contribution >= 0.6 is 46.9 Å². The highest BCUT2D eigenvalue weighted by atomic mass is 127. The number of nitrogens with zero attached hydrogens (tertiary/aromatic N) is 4. The summed E-state index contributed by atoms with van der Waals surface area (Å²) >= 11 is 7.73. The van der Waals surface area contributed by atoms with Crippen molar-refractivity contribution in [3.8, 4) is 0 Å². The lowest BCUT2D eigenvalue weighted by Crippen LogP contribution is -2.38. The molecule has 0 saturated heterocycles. The van der Waals surface area contributed by atoms with Crippen molar-refractivity contribution in [3.63, 3.8) is 0 Å². The van der Waals surface area contributed by atoms with Gasteiger partial charge < -0.3 is 14.8 Å². The van der Waals surface area contributed by atoms with E-state index in [0.717, 1.165) is 34.8 Å². The Morgan fingerprint density at radius 2 is 2.26 bits per heavy atom. The Morgan fingerprint density at radius 3 is 2.78 bits per heavy atom. The topological polar surface area (TPSA) is 45.5 Å². The van der Waals surface area contributed by atoms with E-state index in [0.29, 0.717) is 6.54 Å². The van der Waals surface area contributed by atoms with E-state index in [9.17, 15) is 0 Å². The molecule has 0 spiro atoms. The molecule has 2 heterocycles. The predicted octanol–water partition coefficient (Wildman–Crippen LogP) is 3.66. The minimum atomic E-state index is 0. The van der Waals surface area contributed by atoms with Gasteiger partial charge in [-0.15, -0.1) is 35.3 Å². The maximum atomic E-state index is 6.04. The first-order valence-electron chi connectivity index (χ1n) is 7.21. The Morgan fingerprint density at radius 1 is 1.52 bits per heavy atom. The molecule has 1 N–H and O–H groups in total. The van der Waals surface area contributed by atoms with Gasteiger partial charge in [-0.25, -0.2) is 9.98 Å². The summed E-state index contributed by atoms with van der Waals surface area (Å²) in [5.41, 5.74) is 1.15. The molecule has 0 bridgehead atoms. The van der Waals surface area contributed by atoms with E-state index in [4.69, 9.17) is 11.6 Å². The van der Waals surface area contributed by atoms with Gasteiger partial charge in [-0.1, -0.05) is 11.6 Å². The van der Waals surface area contributed by atoms with E-state index in [1.165, 1.54) is 4.88 Å². The molecular weight excluding hydrogens is 445 g/mol. The Hall–Kier alpha value is -0.800. The largest absolute Gasteiger partial charge is 0.357 e. The molecule has 8 heteroatoms. The highest BCUT2D eigenvalue weighted by molar-refractivity contribution is 14.0. The van der Waals surface area contributed by atoms with Crippen LogP contribution in [0.15, 0.2) is 23.5 Å². The predicted molar refractivity (Wildman–Crippen MR) is 109 cm³/mol. The zero-order valence-electron chi connectivity index (χ0n) is 13.8. The second-order valence-corrected chi connectivity index (χ2v) is 6.89. The number of thiazole rings is 1. The van der Waals surface area contributed by atoms with Gasteiger partial charge in [0.25, 0.3) is 0 Å². The normalized spacial score (nSPS) is 11.3. The van der Waals surface area contributed by atoms with Gasteiger partial charge in [-0.3, -0.25) is 0 Å². The summed E-state index contributed by atoms with van der Waals surface area (Å²) in [7, 11) is 4.03. The smallest absolute Gasteiger partial charge is 0.194 e. The fourth-order valence-electron chi connectivity index (χ4n) is 2.14. The van der Waals surface area contributed by atoms with E-state index >= 15 is 0 Å². The van der Waals surface area contributed by atoms with Crippen LogP contribution in [0.1, 0.15) is 22.5 Å². The van der Waals surface area contributed by atoms with Crippen molar-refractivity contribution in [1.29, 1.82) is 0 Å². The maximum Gasteiger partial charge on any atom is 0.194 e. The first-order valence-corrected chi connectivity index (χ1v) is 8.40. The van der Waals surface area contributed by atoms with E-state index in [1.54, 1.807) is 11.3 Å². The highest BCUT2D eigenvalue weighted by Gasteiger charge is 2.10. The summed E-state index contributed by atoms with van der Waals surface area (Å²) in [4.78, 5) is 12.2. The molecule has 0 aliphatic rings. The van der Waals surface area contributed by atoms with Crippen LogP contribution in [0.4, 0.5) is 0 Å². The fraction of sp³-hybridized carbons (Fsp3) is 0.467. The number of guanidine groups is 1. The lowest BCUT2D eigenvalue weighted by atomic mass is 10.4. The summed E-state index contributed by atoms with van der Waals surface area (Å²) in [5.74, 6) is 0.880. The van der Waals surface area contributed by atoms with Crippen LogP contribution in [-0.2, 0) is 20.1 Å². The molecule has 0 aromatic carbocycles. The third-order valence-electron chi connectivity index (χ3n) is 3.22. The molecule has 0 saturated carbocycles. The van der Waals surface area contributed by atoms with Gasteiger partial charge in [-0.05, 0) is 19.9 Å². The zero-order valence-corrected chi connectivity index (χ0v) is 17.7. The van der Waals surface area contributed by atoms with Crippen LogP contribution < -0.4 is 5.32 Å². The average Bonchev–Trinajstić information content (AvgIpc) is 3.00. The van der Waals surface area contributed by atoms with E-state index < -0.39 is 0 Å². The lowest BCUT2D eigenvalue weighted by molar-refractivity contribution is 0.462. The fourth-order valence-corrected chi connectivity index (χ4v) is 3.13. The van der Waals surface area contributed by atoms with E-state index in [2.05, 4.69) is 27.1 Å². The molecule has 2 aromatic heterocycles. The lowest BCUT2D eigenvalue weighted by Gasteiger charge is -2.22. The van der Waals surface area contributed by atoms with Gasteiger partial charge in [0.2, 0.25) is 0 Å². The third kappa shape index (κ3) is 5.96. The molecule has 0 aliphatic carbocycles. The third-order valence-corrected chi connectivity index (χ3v) is 4.33. The second kappa shape index (κ2) is 9.48. The summed E-state index contributed by atoms with van der Waals surface area (Å²) in [6.07, 6.45) is 3.80. The van der Waals surface area contributed by atoms with E-state index in [-0.39, 0.29) is 24.0 Å². The van der Waals surface area contributed by atoms with Gasteiger partial charge >= 0.3 is 0 Å².